The molecule has 0 atom stereocenters. The van der Waals surface area contributed by atoms with E-state index in [4.69, 9.17) is 4.42 Å². The van der Waals surface area contributed by atoms with Gasteiger partial charge in [0, 0.05) is 22.1 Å². The van der Waals surface area contributed by atoms with Crippen LogP contribution in [0, 0.1) is 0 Å². The van der Waals surface area contributed by atoms with Crippen LogP contribution in [0.5, 0.6) is 0 Å². The molecule has 1 aromatic heterocycles. The zero-order chi connectivity index (χ0) is 43.3. The second kappa shape index (κ2) is 14.4. The van der Waals surface area contributed by atoms with Crippen LogP contribution in [0.4, 0.5) is 17.1 Å². The van der Waals surface area contributed by atoms with E-state index in [2.05, 4.69) is 241 Å². The highest BCUT2D eigenvalue weighted by Gasteiger charge is 2.22. The van der Waals surface area contributed by atoms with Crippen LogP contribution in [0.25, 0.3) is 120 Å². The summed E-state index contributed by atoms with van der Waals surface area (Å²) in [7, 11) is 0. The molecular weight excluding hydrogens is 799 g/mol. The van der Waals surface area contributed by atoms with E-state index in [0.717, 1.165) is 55.3 Å². The van der Waals surface area contributed by atoms with Crippen molar-refractivity contribution in [3.05, 3.63) is 237 Å². The molecule has 0 unspecified atom stereocenters. The first-order valence-corrected chi connectivity index (χ1v) is 22.7. The zero-order valence-electron chi connectivity index (χ0n) is 35.9. The van der Waals surface area contributed by atoms with Gasteiger partial charge in [0.1, 0.15) is 11.2 Å². The predicted octanol–water partition coefficient (Wildman–Crippen LogP) is 18.4. The Morgan fingerprint density at radius 1 is 0.273 bits per heavy atom. The molecule has 0 aliphatic heterocycles. The molecule has 0 radical (unpaired) electrons. The molecule has 0 N–H and O–H groups in total. The summed E-state index contributed by atoms with van der Waals surface area (Å²) in [4.78, 5) is 2.40. The summed E-state index contributed by atoms with van der Waals surface area (Å²) in [5, 5.41) is 17.1. The second-order valence-corrected chi connectivity index (χ2v) is 17.6. The van der Waals surface area contributed by atoms with Gasteiger partial charge in [-0.2, -0.15) is 0 Å². The van der Waals surface area contributed by atoms with E-state index >= 15 is 0 Å². The van der Waals surface area contributed by atoms with Gasteiger partial charge in [-0.05, 0) is 135 Å². The molecule has 0 spiro atoms. The van der Waals surface area contributed by atoms with E-state index in [0.29, 0.717) is 0 Å². The van der Waals surface area contributed by atoms with E-state index in [9.17, 15) is 0 Å². The Hall–Kier alpha value is -8.72. The summed E-state index contributed by atoms with van der Waals surface area (Å²) >= 11 is 0. The van der Waals surface area contributed by atoms with Gasteiger partial charge in [-0.1, -0.05) is 194 Å². The fourth-order valence-corrected chi connectivity index (χ4v) is 10.8. The van der Waals surface area contributed by atoms with Crippen LogP contribution < -0.4 is 4.90 Å². The minimum atomic E-state index is 0.859. The maximum atomic E-state index is 6.90. The first-order chi connectivity index (χ1) is 32.7. The summed E-state index contributed by atoms with van der Waals surface area (Å²) in [5.74, 6) is 0. The SMILES string of the molecule is c1ccc2cc(N(c3ccc4ccccc4c3)c3cccc4oc5c6ccccc6c(-c6ccc(-c7ccc(-c8ccc9ccc%10cccc%11ccc8c9c%10%11)cc7)cc6)cc5c34)ccc2c1. The van der Waals surface area contributed by atoms with Gasteiger partial charge in [-0.25, -0.2) is 0 Å². The summed E-state index contributed by atoms with van der Waals surface area (Å²) in [6.45, 7) is 0. The van der Waals surface area contributed by atoms with Crippen molar-refractivity contribution in [1.82, 2.24) is 0 Å². The molecule has 0 aliphatic rings. The number of nitrogens with zero attached hydrogens (tertiary/aromatic N) is 1. The molecule has 0 bridgehead atoms. The number of hydrogen-bond acceptors (Lipinski definition) is 2. The first kappa shape index (κ1) is 36.7. The van der Waals surface area contributed by atoms with Crippen molar-refractivity contribution in [2.75, 3.05) is 4.90 Å². The van der Waals surface area contributed by atoms with Crippen molar-refractivity contribution in [3.63, 3.8) is 0 Å². The predicted molar refractivity (Wildman–Crippen MR) is 281 cm³/mol. The monoisotopic (exact) mass is 837 g/mol. The lowest BCUT2D eigenvalue weighted by Gasteiger charge is -2.27. The Morgan fingerprint density at radius 3 is 1.44 bits per heavy atom. The number of rotatable bonds is 6. The van der Waals surface area contributed by atoms with Crippen LogP contribution in [0.1, 0.15) is 0 Å². The Balaban J connectivity index is 0.883. The third-order valence-corrected chi connectivity index (χ3v) is 14.0. The molecule has 0 saturated heterocycles. The maximum Gasteiger partial charge on any atom is 0.143 e. The third-order valence-electron chi connectivity index (χ3n) is 14.0. The molecule has 1 heterocycles. The highest BCUT2D eigenvalue weighted by atomic mass is 16.3. The molecule has 14 aromatic rings. The largest absolute Gasteiger partial charge is 0.455 e. The number of furan rings is 1. The summed E-state index contributed by atoms with van der Waals surface area (Å²) < 4.78 is 6.90. The first-order valence-electron chi connectivity index (χ1n) is 22.7. The molecule has 14 rings (SSSR count). The molecule has 0 aliphatic carbocycles. The van der Waals surface area contributed by atoms with E-state index in [1.54, 1.807) is 0 Å². The zero-order valence-corrected chi connectivity index (χ0v) is 35.9. The van der Waals surface area contributed by atoms with Crippen LogP contribution in [0.2, 0.25) is 0 Å². The Morgan fingerprint density at radius 2 is 0.773 bits per heavy atom. The molecule has 13 aromatic carbocycles. The molecule has 66 heavy (non-hydrogen) atoms. The third kappa shape index (κ3) is 5.68. The maximum absolute atomic E-state index is 6.90. The summed E-state index contributed by atoms with van der Waals surface area (Å²) in [6, 6.07) is 86.5. The Kier molecular flexibility index (Phi) is 8.02. The van der Waals surface area contributed by atoms with Crippen molar-refractivity contribution < 1.29 is 4.42 Å². The number of anilines is 3. The molecule has 2 heteroatoms. The minimum absolute atomic E-state index is 0.859. The quantitative estimate of drug-likeness (QED) is 0.155. The molecule has 2 nitrogen and oxygen atoms in total. The van der Waals surface area contributed by atoms with E-state index in [1.165, 1.54) is 81.7 Å². The van der Waals surface area contributed by atoms with Crippen molar-refractivity contribution in [3.8, 4) is 33.4 Å². The van der Waals surface area contributed by atoms with Crippen LogP contribution in [0.3, 0.4) is 0 Å². The van der Waals surface area contributed by atoms with Gasteiger partial charge in [0.25, 0.3) is 0 Å². The molecular formula is C64H39NO. The minimum Gasteiger partial charge on any atom is -0.455 e. The van der Waals surface area contributed by atoms with E-state index in [-0.39, 0.29) is 0 Å². The second-order valence-electron chi connectivity index (χ2n) is 17.6. The van der Waals surface area contributed by atoms with Crippen LogP contribution in [-0.2, 0) is 0 Å². The number of fused-ring (bicyclic) bond motifs is 7. The Bertz CT molecular complexity index is 4120. The van der Waals surface area contributed by atoms with Crippen molar-refractivity contribution in [2.24, 2.45) is 0 Å². The van der Waals surface area contributed by atoms with Crippen LogP contribution in [0.15, 0.2) is 241 Å². The van der Waals surface area contributed by atoms with Crippen molar-refractivity contribution >= 4 is 104 Å². The lowest BCUT2D eigenvalue weighted by molar-refractivity contribution is 0.672. The molecule has 306 valence electrons. The standard InChI is InChI=1S/C64H39NO/c1-3-11-49-37-51(33-29-40(49)9-1)65(52-34-30-41-10-2-4-12-50(41)38-52)59-17-8-18-60-63(59)58-39-57(54-15-5-6-16-56(54)64(58)66-60)45-25-21-43(22-26-45)42-19-23-44(24-20-42)53-35-31-48-28-27-46-13-7-14-47-32-36-55(53)62(48)61(46)47/h1-39H. The molecule has 0 amide bonds. The van der Waals surface area contributed by atoms with Gasteiger partial charge >= 0.3 is 0 Å². The normalized spacial score (nSPS) is 11.9. The van der Waals surface area contributed by atoms with E-state index < -0.39 is 0 Å². The van der Waals surface area contributed by atoms with Gasteiger partial charge in [0.05, 0.1) is 11.1 Å². The van der Waals surface area contributed by atoms with Gasteiger partial charge in [-0.3, -0.25) is 0 Å². The fraction of sp³-hybridized carbons (Fsp3) is 0. The van der Waals surface area contributed by atoms with Crippen LogP contribution in [-0.4, -0.2) is 0 Å². The average molecular weight is 838 g/mol. The van der Waals surface area contributed by atoms with Crippen molar-refractivity contribution in [2.45, 2.75) is 0 Å². The van der Waals surface area contributed by atoms with E-state index in [1.807, 2.05) is 0 Å². The van der Waals surface area contributed by atoms with Crippen LogP contribution >= 0.6 is 0 Å². The summed E-state index contributed by atoms with van der Waals surface area (Å²) in [5.41, 5.74) is 12.2. The van der Waals surface area contributed by atoms with Gasteiger partial charge in [-0.15, -0.1) is 0 Å². The highest BCUT2D eigenvalue weighted by molar-refractivity contribution is 6.26. The van der Waals surface area contributed by atoms with Gasteiger partial charge < -0.3 is 9.32 Å². The van der Waals surface area contributed by atoms with Gasteiger partial charge in [0.15, 0.2) is 0 Å². The summed E-state index contributed by atoms with van der Waals surface area (Å²) in [6.07, 6.45) is 0. The lowest BCUT2D eigenvalue weighted by Crippen LogP contribution is -2.10. The fourth-order valence-electron chi connectivity index (χ4n) is 10.8. The Labute approximate surface area is 381 Å². The molecule has 0 saturated carbocycles. The lowest BCUT2D eigenvalue weighted by atomic mass is 9.89. The highest BCUT2D eigenvalue weighted by Crippen LogP contribution is 2.47. The molecule has 0 fully saturated rings. The number of hydrogen-bond donors (Lipinski definition) is 0. The average Bonchev–Trinajstić information content (AvgIpc) is 3.77. The van der Waals surface area contributed by atoms with Gasteiger partial charge in [0.2, 0.25) is 0 Å². The van der Waals surface area contributed by atoms with Crippen molar-refractivity contribution in [1.29, 1.82) is 0 Å². The number of benzene rings is 13. The topological polar surface area (TPSA) is 16.4 Å². The smallest absolute Gasteiger partial charge is 0.143 e.